The molecule has 3 rings (SSSR count). The molecular weight excluding hydrogens is 469 g/mol. The molecule has 9 nitrogen and oxygen atoms in total. The van der Waals surface area contributed by atoms with E-state index in [0.29, 0.717) is 17.1 Å². The highest BCUT2D eigenvalue weighted by molar-refractivity contribution is 7.80. The molecule has 12 heteroatoms. The minimum atomic E-state index is -0.575. The lowest BCUT2D eigenvalue weighted by atomic mass is 10.1. The van der Waals surface area contributed by atoms with E-state index in [4.69, 9.17) is 21.7 Å². The third-order valence-electron chi connectivity index (χ3n) is 4.33. The van der Waals surface area contributed by atoms with Gasteiger partial charge in [-0.15, -0.1) is 16.4 Å². The van der Waals surface area contributed by atoms with Gasteiger partial charge in [0.25, 0.3) is 0 Å². The Hall–Kier alpha value is -3.38. The molecule has 33 heavy (non-hydrogen) atoms. The summed E-state index contributed by atoms with van der Waals surface area (Å²) in [5.41, 5.74) is 1.51. The maximum Gasteiger partial charge on any atom is 0.348 e. The van der Waals surface area contributed by atoms with Crippen LogP contribution in [0.4, 0.5) is 15.3 Å². The first-order chi connectivity index (χ1) is 15.8. The zero-order valence-electron chi connectivity index (χ0n) is 18.2. The molecule has 0 spiro atoms. The van der Waals surface area contributed by atoms with Crippen molar-refractivity contribution >= 4 is 51.6 Å². The summed E-state index contributed by atoms with van der Waals surface area (Å²) < 4.78 is 24.8. The van der Waals surface area contributed by atoms with Gasteiger partial charge < -0.3 is 14.8 Å². The molecule has 0 amide bonds. The molecule has 1 aromatic carbocycles. The molecule has 0 aliphatic carbocycles. The summed E-state index contributed by atoms with van der Waals surface area (Å²) in [5.74, 6) is -1.19. The number of carbonyl (C=O) groups excluding carboxylic acids is 2. The van der Waals surface area contributed by atoms with Crippen molar-refractivity contribution in [2.45, 2.75) is 27.3 Å². The quantitative estimate of drug-likeness (QED) is 0.357. The van der Waals surface area contributed by atoms with E-state index in [0.717, 1.165) is 16.9 Å². The van der Waals surface area contributed by atoms with Gasteiger partial charge in [0.05, 0.1) is 25.3 Å². The fraction of sp³-hybridized carbons (Fsp3) is 0.286. The number of carbonyl (C=O) groups is 2. The molecule has 0 bridgehead atoms. The first-order valence-electron chi connectivity index (χ1n) is 10.0. The molecule has 2 N–H and O–H groups in total. The van der Waals surface area contributed by atoms with Gasteiger partial charge in [-0.25, -0.2) is 23.6 Å². The highest BCUT2D eigenvalue weighted by Gasteiger charge is 2.27. The summed E-state index contributed by atoms with van der Waals surface area (Å²) in [4.78, 5) is 29.2. The molecule has 0 fully saturated rings. The number of hydrogen-bond acceptors (Lipinski definition) is 8. The summed E-state index contributed by atoms with van der Waals surface area (Å²) in [6.45, 7) is 5.83. The van der Waals surface area contributed by atoms with Gasteiger partial charge in [0.2, 0.25) is 5.95 Å². The predicted octanol–water partition coefficient (Wildman–Crippen LogP) is 4.00. The summed E-state index contributed by atoms with van der Waals surface area (Å²) in [7, 11) is 0. The number of rotatable bonds is 8. The SMILES string of the molecule is CCOC(=O)c1sc(NC(=S)Nc2ncn(Cc3ccc(F)cc3)n2)c(C(=O)OCC)c1C. The summed E-state index contributed by atoms with van der Waals surface area (Å²) in [5, 5.41) is 10.5. The van der Waals surface area contributed by atoms with E-state index in [9.17, 15) is 14.0 Å². The third-order valence-corrected chi connectivity index (χ3v) is 5.73. The predicted molar refractivity (Wildman–Crippen MR) is 126 cm³/mol. The molecule has 174 valence electrons. The van der Waals surface area contributed by atoms with Gasteiger partial charge in [-0.3, -0.25) is 5.32 Å². The van der Waals surface area contributed by atoms with Crippen molar-refractivity contribution in [3.63, 3.8) is 0 Å². The number of aromatic nitrogens is 3. The monoisotopic (exact) mass is 491 g/mol. The Balaban J connectivity index is 1.73. The zero-order chi connectivity index (χ0) is 24.0. The first kappa shape index (κ1) is 24.3. The Morgan fingerprint density at radius 3 is 2.45 bits per heavy atom. The van der Waals surface area contributed by atoms with Crippen molar-refractivity contribution < 1.29 is 23.5 Å². The van der Waals surface area contributed by atoms with Crippen molar-refractivity contribution in [1.29, 1.82) is 0 Å². The number of thiophene rings is 1. The van der Waals surface area contributed by atoms with Crippen molar-refractivity contribution in [2.75, 3.05) is 23.8 Å². The average Bonchev–Trinajstić information content (AvgIpc) is 3.33. The number of anilines is 2. The van der Waals surface area contributed by atoms with Crippen LogP contribution in [0.1, 0.15) is 45.0 Å². The van der Waals surface area contributed by atoms with Crippen LogP contribution >= 0.6 is 23.6 Å². The number of benzene rings is 1. The summed E-state index contributed by atoms with van der Waals surface area (Å²) >= 11 is 6.38. The van der Waals surface area contributed by atoms with E-state index in [-0.39, 0.29) is 40.5 Å². The number of hydrogen-bond donors (Lipinski definition) is 2. The lowest BCUT2D eigenvalue weighted by molar-refractivity contribution is 0.0527. The molecule has 0 aliphatic heterocycles. The molecule has 0 atom stereocenters. The van der Waals surface area contributed by atoms with Gasteiger partial charge in [0, 0.05) is 0 Å². The van der Waals surface area contributed by atoms with E-state index in [1.54, 1.807) is 37.6 Å². The lowest BCUT2D eigenvalue weighted by Gasteiger charge is -2.09. The van der Waals surface area contributed by atoms with Crippen LogP contribution < -0.4 is 10.6 Å². The molecule has 0 aliphatic rings. The second-order valence-corrected chi connectivity index (χ2v) is 8.10. The maximum atomic E-state index is 13.1. The fourth-order valence-electron chi connectivity index (χ4n) is 2.88. The highest BCUT2D eigenvalue weighted by atomic mass is 32.1. The van der Waals surface area contributed by atoms with E-state index >= 15 is 0 Å². The van der Waals surface area contributed by atoms with Crippen LogP contribution in [0.2, 0.25) is 0 Å². The molecule has 2 heterocycles. The van der Waals surface area contributed by atoms with Gasteiger partial charge in [-0.1, -0.05) is 12.1 Å². The third kappa shape index (κ3) is 6.11. The van der Waals surface area contributed by atoms with Crippen LogP contribution in [0.15, 0.2) is 30.6 Å². The highest BCUT2D eigenvalue weighted by Crippen LogP contribution is 2.34. The van der Waals surface area contributed by atoms with Crippen molar-refractivity contribution in [3.8, 4) is 0 Å². The number of thiocarbonyl (C=S) groups is 1. The Bertz CT molecular complexity index is 1160. The maximum absolute atomic E-state index is 13.1. The standard InChI is InChI=1S/C21H22FN5O4S2/c1-4-30-18(28)15-12(3)16(19(29)31-5-2)33-17(15)24-21(32)25-20-23-11-27(26-20)10-13-6-8-14(22)9-7-13/h6-9,11H,4-5,10H2,1-3H3,(H2,24,25,26,32). The average molecular weight is 492 g/mol. The van der Waals surface area contributed by atoms with Crippen molar-refractivity contribution in [2.24, 2.45) is 0 Å². The Kier molecular flexibility index (Phi) is 8.06. The van der Waals surface area contributed by atoms with Gasteiger partial charge >= 0.3 is 11.9 Å². The van der Waals surface area contributed by atoms with Gasteiger partial charge in [-0.2, -0.15) is 0 Å². The second kappa shape index (κ2) is 11.0. The number of nitrogens with zero attached hydrogens (tertiary/aromatic N) is 3. The fourth-order valence-corrected chi connectivity index (χ4v) is 4.23. The number of nitrogens with one attached hydrogen (secondary N) is 2. The number of halogens is 1. The van der Waals surface area contributed by atoms with E-state index < -0.39 is 11.9 Å². The van der Waals surface area contributed by atoms with E-state index in [1.165, 1.54) is 18.5 Å². The lowest BCUT2D eigenvalue weighted by Crippen LogP contribution is -2.21. The smallest absolute Gasteiger partial charge is 0.348 e. The summed E-state index contributed by atoms with van der Waals surface area (Å²) in [6, 6.07) is 6.07. The molecule has 0 unspecified atom stereocenters. The van der Waals surface area contributed by atoms with E-state index in [1.807, 2.05) is 0 Å². The van der Waals surface area contributed by atoms with Crippen LogP contribution in [0.25, 0.3) is 0 Å². The Morgan fingerprint density at radius 2 is 1.79 bits per heavy atom. The first-order valence-corrected chi connectivity index (χ1v) is 11.2. The molecule has 0 saturated carbocycles. The second-order valence-electron chi connectivity index (χ2n) is 6.67. The summed E-state index contributed by atoms with van der Waals surface area (Å²) in [6.07, 6.45) is 1.51. The van der Waals surface area contributed by atoms with Crippen LogP contribution in [-0.2, 0) is 16.0 Å². The van der Waals surface area contributed by atoms with Crippen molar-refractivity contribution in [3.05, 3.63) is 58.0 Å². The molecule has 0 saturated heterocycles. The Labute approximate surface area is 198 Å². The van der Waals surface area contributed by atoms with Crippen molar-refractivity contribution in [1.82, 2.24) is 14.8 Å². The minimum absolute atomic E-state index is 0.122. The topological polar surface area (TPSA) is 107 Å². The molecular formula is C21H22FN5O4S2. The van der Waals surface area contributed by atoms with Gasteiger partial charge in [0.15, 0.2) is 5.11 Å². The number of esters is 2. The minimum Gasteiger partial charge on any atom is -0.462 e. The van der Waals surface area contributed by atoms with Gasteiger partial charge in [-0.05, 0) is 56.2 Å². The zero-order valence-corrected chi connectivity index (χ0v) is 19.8. The van der Waals surface area contributed by atoms with Gasteiger partial charge in [0.1, 0.15) is 22.0 Å². The molecule has 0 radical (unpaired) electrons. The molecule has 2 aromatic heterocycles. The molecule has 3 aromatic rings. The Morgan fingerprint density at radius 1 is 1.12 bits per heavy atom. The van der Waals surface area contributed by atoms with Crippen LogP contribution in [0, 0.1) is 12.7 Å². The van der Waals surface area contributed by atoms with Crippen LogP contribution in [-0.4, -0.2) is 45.0 Å². The van der Waals surface area contributed by atoms with E-state index in [2.05, 4.69) is 20.7 Å². The number of ether oxygens (including phenoxy) is 2. The largest absolute Gasteiger partial charge is 0.462 e. The van der Waals surface area contributed by atoms with Crippen LogP contribution in [0.3, 0.4) is 0 Å². The normalized spacial score (nSPS) is 10.5. The van der Waals surface area contributed by atoms with Crippen LogP contribution in [0.5, 0.6) is 0 Å².